The van der Waals surface area contributed by atoms with E-state index in [0.717, 1.165) is 10.8 Å². The molecule has 0 bridgehead atoms. The van der Waals surface area contributed by atoms with Crippen molar-refractivity contribution in [1.29, 1.82) is 5.26 Å². The molecule has 6 heteroatoms. The number of hydrogen-bond donors (Lipinski definition) is 0. The Hall–Kier alpha value is -2.16. The van der Waals surface area contributed by atoms with Crippen LogP contribution in [0.1, 0.15) is 11.1 Å². The summed E-state index contributed by atoms with van der Waals surface area (Å²) in [6, 6.07) is 1.66. The van der Waals surface area contributed by atoms with Crippen molar-refractivity contribution in [2.75, 3.05) is 0 Å². The fourth-order valence-corrected chi connectivity index (χ4v) is 1.12. The summed E-state index contributed by atoms with van der Waals surface area (Å²) in [6.45, 7) is 1.39. The zero-order valence-electron chi connectivity index (χ0n) is 7.64. The van der Waals surface area contributed by atoms with E-state index < -0.39 is 10.5 Å². The van der Waals surface area contributed by atoms with Crippen molar-refractivity contribution in [2.24, 2.45) is 7.05 Å². The molecule has 1 rings (SSSR count). The zero-order valence-corrected chi connectivity index (χ0v) is 7.64. The standard InChI is InChI=1S/C8H7N3O3/c1-5-6(3-9)8(12)10(2)4-7(5)11(13)14/h4H,1-2H3. The van der Waals surface area contributed by atoms with Gasteiger partial charge in [-0.3, -0.25) is 14.9 Å². The molecular formula is C8H7N3O3. The number of nitro groups is 1. The Morgan fingerprint density at radius 3 is 2.64 bits per heavy atom. The Kier molecular flexibility index (Phi) is 2.34. The van der Waals surface area contributed by atoms with Gasteiger partial charge in [0.25, 0.3) is 11.2 Å². The molecule has 14 heavy (non-hydrogen) atoms. The maximum Gasteiger partial charge on any atom is 0.289 e. The van der Waals surface area contributed by atoms with Crippen LogP contribution >= 0.6 is 0 Å². The first-order chi connectivity index (χ1) is 6.49. The van der Waals surface area contributed by atoms with E-state index in [1.165, 1.54) is 14.0 Å². The van der Waals surface area contributed by atoms with Crippen LogP contribution in [-0.4, -0.2) is 9.49 Å². The maximum atomic E-state index is 11.3. The van der Waals surface area contributed by atoms with Crippen LogP contribution in [0.25, 0.3) is 0 Å². The lowest BCUT2D eigenvalue weighted by Gasteiger charge is -2.01. The second-order valence-corrected chi connectivity index (χ2v) is 2.80. The summed E-state index contributed by atoms with van der Waals surface area (Å²) >= 11 is 0. The number of aromatic nitrogens is 1. The van der Waals surface area contributed by atoms with Crippen LogP contribution < -0.4 is 5.56 Å². The van der Waals surface area contributed by atoms with E-state index in [0.29, 0.717) is 0 Å². The average Bonchev–Trinajstić information content (AvgIpc) is 2.12. The second-order valence-electron chi connectivity index (χ2n) is 2.80. The highest BCUT2D eigenvalue weighted by molar-refractivity contribution is 5.47. The monoisotopic (exact) mass is 193 g/mol. The molecule has 1 aromatic heterocycles. The fourth-order valence-electron chi connectivity index (χ4n) is 1.12. The minimum Gasteiger partial charge on any atom is -0.311 e. The van der Waals surface area contributed by atoms with Gasteiger partial charge in [-0.25, -0.2) is 0 Å². The number of rotatable bonds is 1. The summed E-state index contributed by atoms with van der Waals surface area (Å²) in [6.07, 6.45) is 1.11. The lowest BCUT2D eigenvalue weighted by molar-refractivity contribution is -0.385. The molecule has 0 saturated carbocycles. The molecule has 1 heterocycles. The largest absolute Gasteiger partial charge is 0.311 e. The van der Waals surface area contributed by atoms with Crippen molar-refractivity contribution in [1.82, 2.24) is 4.57 Å². The van der Waals surface area contributed by atoms with Gasteiger partial charge in [-0.2, -0.15) is 5.26 Å². The predicted octanol–water partition coefficient (Wildman–Crippen LogP) is 0.474. The molecule has 0 aliphatic rings. The highest BCUT2D eigenvalue weighted by Crippen LogP contribution is 2.16. The van der Waals surface area contributed by atoms with Crippen molar-refractivity contribution in [3.8, 4) is 6.07 Å². The first-order valence-corrected chi connectivity index (χ1v) is 3.73. The highest BCUT2D eigenvalue weighted by Gasteiger charge is 2.18. The number of pyridine rings is 1. The summed E-state index contributed by atoms with van der Waals surface area (Å²) in [7, 11) is 1.37. The van der Waals surface area contributed by atoms with Crippen LogP contribution in [0.15, 0.2) is 11.0 Å². The number of hydrogen-bond acceptors (Lipinski definition) is 4. The third-order valence-electron chi connectivity index (χ3n) is 1.92. The van der Waals surface area contributed by atoms with Gasteiger partial charge in [0.05, 0.1) is 16.7 Å². The second kappa shape index (κ2) is 3.30. The molecule has 0 fully saturated rings. The van der Waals surface area contributed by atoms with Crippen LogP contribution in [0.4, 0.5) is 5.69 Å². The SMILES string of the molecule is Cc1c([N+](=O)[O-])cn(C)c(=O)c1C#N. The highest BCUT2D eigenvalue weighted by atomic mass is 16.6. The van der Waals surface area contributed by atoms with Gasteiger partial charge in [0, 0.05) is 7.05 Å². The smallest absolute Gasteiger partial charge is 0.289 e. The summed E-state index contributed by atoms with van der Waals surface area (Å²) in [5.74, 6) is 0. The molecule has 6 nitrogen and oxygen atoms in total. The lowest BCUT2D eigenvalue weighted by Crippen LogP contribution is -2.21. The number of nitrogens with zero attached hydrogens (tertiary/aromatic N) is 3. The molecule has 0 aliphatic heterocycles. The van der Waals surface area contributed by atoms with Crippen molar-refractivity contribution >= 4 is 5.69 Å². The third kappa shape index (κ3) is 1.35. The maximum absolute atomic E-state index is 11.3. The molecule has 0 unspecified atom stereocenters. The van der Waals surface area contributed by atoms with Crippen molar-refractivity contribution in [3.63, 3.8) is 0 Å². The van der Waals surface area contributed by atoms with E-state index >= 15 is 0 Å². The molecule has 0 saturated heterocycles. The molecular weight excluding hydrogens is 186 g/mol. The molecule has 1 aromatic rings. The van der Waals surface area contributed by atoms with Crippen LogP contribution in [-0.2, 0) is 7.05 Å². The van der Waals surface area contributed by atoms with Crippen LogP contribution in [0.2, 0.25) is 0 Å². The third-order valence-corrected chi connectivity index (χ3v) is 1.92. The quantitative estimate of drug-likeness (QED) is 0.479. The van der Waals surface area contributed by atoms with Crippen LogP contribution in [0.5, 0.6) is 0 Å². The molecule has 0 N–H and O–H groups in total. The fraction of sp³-hybridized carbons (Fsp3) is 0.250. The Balaban J connectivity index is 3.70. The normalized spacial score (nSPS) is 9.50. The van der Waals surface area contributed by atoms with Gasteiger partial charge >= 0.3 is 0 Å². The van der Waals surface area contributed by atoms with E-state index in [1.807, 2.05) is 0 Å². The van der Waals surface area contributed by atoms with E-state index in [2.05, 4.69) is 0 Å². The topological polar surface area (TPSA) is 88.9 Å². The van der Waals surface area contributed by atoms with E-state index in [1.54, 1.807) is 6.07 Å². The Bertz CT molecular complexity index is 496. The van der Waals surface area contributed by atoms with Crippen LogP contribution in [0.3, 0.4) is 0 Å². The van der Waals surface area contributed by atoms with E-state index in [4.69, 9.17) is 5.26 Å². The van der Waals surface area contributed by atoms with Crippen molar-refractivity contribution in [2.45, 2.75) is 6.92 Å². The van der Waals surface area contributed by atoms with Crippen molar-refractivity contribution < 1.29 is 4.92 Å². The molecule has 0 aromatic carbocycles. The van der Waals surface area contributed by atoms with Crippen molar-refractivity contribution in [3.05, 3.63) is 37.8 Å². The zero-order chi connectivity index (χ0) is 10.9. The lowest BCUT2D eigenvalue weighted by atomic mass is 10.1. The minimum atomic E-state index is -0.615. The molecule has 0 spiro atoms. The number of nitriles is 1. The summed E-state index contributed by atoms with van der Waals surface area (Å²) in [4.78, 5) is 21.2. The van der Waals surface area contributed by atoms with Gasteiger partial charge in [-0.05, 0) is 6.92 Å². The van der Waals surface area contributed by atoms with E-state index in [9.17, 15) is 14.9 Å². The van der Waals surface area contributed by atoms with Gasteiger partial charge < -0.3 is 4.57 Å². The molecule has 0 aliphatic carbocycles. The predicted molar refractivity (Wildman–Crippen MR) is 47.8 cm³/mol. The molecule has 0 atom stereocenters. The first-order valence-electron chi connectivity index (χ1n) is 3.73. The summed E-state index contributed by atoms with van der Waals surface area (Å²) in [5, 5.41) is 19.2. The number of aryl methyl sites for hydroxylation is 1. The minimum absolute atomic E-state index is 0.112. The van der Waals surface area contributed by atoms with Crippen LogP contribution in [0, 0.1) is 28.4 Å². The van der Waals surface area contributed by atoms with Gasteiger partial charge in [0.1, 0.15) is 11.6 Å². The van der Waals surface area contributed by atoms with Gasteiger partial charge in [-0.1, -0.05) is 0 Å². The van der Waals surface area contributed by atoms with E-state index in [-0.39, 0.29) is 16.8 Å². The van der Waals surface area contributed by atoms with Gasteiger partial charge in [0.15, 0.2) is 0 Å². The van der Waals surface area contributed by atoms with Gasteiger partial charge in [-0.15, -0.1) is 0 Å². The average molecular weight is 193 g/mol. The Morgan fingerprint density at radius 2 is 2.21 bits per heavy atom. The molecule has 0 radical (unpaired) electrons. The Morgan fingerprint density at radius 1 is 1.64 bits per heavy atom. The molecule has 0 amide bonds. The summed E-state index contributed by atoms with van der Waals surface area (Å²) < 4.78 is 1.03. The Labute approximate surface area is 79.2 Å². The first kappa shape index (κ1) is 9.92. The van der Waals surface area contributed by atoms with Gasteiger partial charge in [0.2, 0.25) is 0 Å². The molecule has 72 valence electrons. The summed E-state index contributed by atoms with van der Waals surface area (Å²) in [5.41, 5.74) is -0.804.